The zero-order chi connectivity index (χ0) is 22.0. The molecule has 2 saturated heterocycles. The van der Waals surface area contributed by atoms with Crippen molar-refractivity contribution in [1.29, 1.82) is 0 Å². The first-order valence-electron chi connectivity index (χ1n) is 11.5. The lowest BCUT2D eigenvalue weighted by atomic mass is 9.83. The van der Waals surface area contributed by atoms with E-state index < -0.39 is 5.60 Å². The number of piperidine rings is 1. The van der Waals surface area contributed by atoms with E-state index in [9.17, 15) is 9.90 Å². The molecule has 1 aromatic heterocycles. The minimum absolute atomic E-state index is 0.0469. The van der Waals surface area contributed by atoms with Gasteiger partial charge in [-0.05, 0) is 79.5 Å². The van der Waals surface area contributed by atoms with E-state index in [1.165, 1.54) is 0 Å². The van der Waals surface area contributed by atoms with Gasteiger partial charge in [0.15, 0.2) is 0 Å². The number of aromatic nitrogens is 1. The summed E-state index contributed by atoms with van der Waals surface area (Å²) in [6.07, 6.45) is 5.87. The average molecular weight is 451 g/mol. The maximum atomic E-state index is 13.4. The maximum Gasteiger partial charge on any atom is 0.223 e. The van der Waals surface area contributed by atoms with E-state index in [-0.39, 0.29) is 23.9 Å². The van der Waals surface area contributed by atoms with Gasteiger partial charge in [-0.2, -0.15) is 0 Å². The summed E-state index contributed by atoms with van der Waals surface area (Å²) in [4.78, 5) is 18.8. The van der Waals surface area contributed by atoms with Crippen LogP contribution >= 0.6 is 11.6 Å². The van der Waals surface area contributed by atoms with Crippen LogP contribution in [-0.2, 0) is 4.79 Å². The Labute approximate surface area is 192 Å². The topological polar surface area (TPSA) is 65.6 Å². The SMILES string of the molecule is CC(CC(=O)N1C2CC3CC(O)(C2)CC31)c1c[nH]c2cccc(Oc3ccc(Cl)cc3)c12. The van der Waals surface area contributed by atoms with Gasteiger partial charge in [0.1, 0.15) is 11.5 Å². The number of fused-ring (bicyclic) bond motifs is 1. The second kappa shape index (κ2) is 7.26. The molecule has 2 aromatic carbocycles. The molecule has 3 aromatic rings. The number of carbonyl (C=O) groups excluding carboxylic acids is 1. The number of nitrogens with zero attached hydrogens (tertiary/aromatic N) is 1. The van der Waals surface area contributed by atoms with Crippen LogP contribution in [0.2, 0.25) is 5.02 Å². The molecule has 0 radical (unpaired) electrons. The molecule has 4 aliphatic rings. The number of ether oxygens (including phenoxy) is 1. The molecule has 0 spiro atoms. The molecule has 3 heterocycles. The summed E-state index contributed by atoms with van der Waals surface area (Å²) in [5.74, 6) is 2.22. The zero-order valence-corrected chi connectivity index (χ0v) is 18.8. The largest absolute Gasteiger partial charge is 0.457 e. The summed E-state index contributed by atoms with van der Waals surface area (Å²) in [7, 11) is 0. The highest BCUT2D eigenvalue weighted by molar-refractivity contribution is 6.30. The fourth-order valence-electron chi connectivity index (χ4n) is 6.50. The van der Waals surface area contributed by atoms with Crippen molar-refractivity contribution in [2.24, 2.45) is 5.92 Å². The number of amides is 1. The van der Waals surface area contributed by atoms with Crippen molar-refractivity contribution in [3.8, 4) is 11.5 Å². The highest BCUT2D eigenvalue weighted by Crippen LogP contribution is 2.55. The lowest BCUT2D eigenvalue weighted by Gasteiger charge is -2.41. The number of benzene rings is 2. The van der Waals surface area contributed by atoms with Crippen LogP contribution in [0.5, 0.6) is 11.5 Å². The van der Waals surface area contributed by atoms with Crippen molar-refractivity contribution >= 4 is 28.4 Å². The van der Waals surface area contributed by atoms with Crippen LogP contribution in [0, 0.1) is 5.92 Å². The Hall–Kier alpha value is -2.50. The van der Waals surface area contributed by atoms with Gasteiger partial charge in [0.05, 0.1) is 5.60 Å². The number of rotatable bonds is 5. The Morgan fingerprint density at radius 2 is 2.06 bits per heavy atom. The summed E-state index contributed by atoms with van der Waals surface area (Å²) in [5, 5.41) is 12.4. The summed E-state index contributed by atoms with van der Waals surface area (Å²) in [6, 6.07) is 13.7. The molecule has 2 aliphatic heterocycles. The van der Waals surface area contributed by atoms with Gasteiger partial charge in [-0.1, -0.05) is 24.6 Å². The molecule has 4 bridgehead atoms. The summed E-state index contributed by atoms with van der Waals surface area (Å²) in [5.41, 5.74) is 1.56. The van der Waals surface area contributed by atoms with Crippen LogP contribution in [0.25, 0.3) is 10.9 Å². The average Bonchev–Trinajstić information content (AvgIpc) is 3.36. The van der Waals surface area contributed by atoms with Crippen LogP contribution in [0.1, 0.15) is 50.5 Å². The second-order valence-corrected chi connectivity index (χ2v) is 10.4. The standard InChI is InChI=1S/C26H27ClN2O3/c1-15(9-24(30)29-18-10-16-11-26(31,12-18)13-22(16)29)20-14-28-21-3-2-4-23(25(20)21)32-19-7-5-17(27)6-8-19/h2-8,14-16,18,22,28,31H,9-13H2,1H3. The molecule has 32 heavy (non-hydrogen) atoms. The third-order valence-corrected chi connectivity index (χ3v) is 8.01. The second-order valence-electron chi connectivity index (χ2n) is 9.94. The normalized spacial score (nSPS) is 29.1. The van der Waals surface area contributed by atoms with Crippen molar-refractivity contribution < 1.29 is 14.6 Å². The molecule has 4 fully saturated rings. The van der Waals surface area contributed by atoms with Gasteiger partial charge in [-0.3, -0.25) is 4.79 Å². The first kappa shape index (κ1) is 20.1. The number of nitrogens with one attached hydrogen (secondary N) is 1. The molecule has 1 amide bonds. The van der Waals surface area contributed by atoms with Gasteiger partial charge >= 0.3 is 0 Å². The number of H-pyrrole nitrogens is 1. The van der Waals surface area contributed by atoms with E-state index in [0.717, 1.165) is 53.6 Å². The maximum absolute atomic E-state index is 13.4. The van der Waals surface area contributed by atoms with Gasteiger partial charge in [0, 0.05) is 40.6 Å². The van der Waals surface area contributed by atoms with E-state index in [2.05, 4.69) is 16.8 Å². The van der Waals surface area contributed by atoms with Gasteiger partial charge in [0.2, 0.25) is 5.91 Å². The molecule has 2 N–H and O–H groups in total. The van der Waals surface area contributed by atoms with Crippen molar-refractivity contribution in [2.45, 2.75) is 62.6 Å². The highest BCUT2D eigenvalue weighted by atomic mass is 35.5. The predicted octanol–water partition coefficient (Wildman–Crippen LogP) is 5.62. The number of halogens is 1. The monoisotopic (exact) mass is 450 g/mol. The van der Waals surface area contributed by atoms with Crippen molar-refractivity contribution in [2.75, 3.05) is 0 Å². The number of aliphatic hydroxyl groups is 1. The molecule has 5 atom stereocenters. The number of aromatic amines is 1. The Kier molecular flexibility index (Phi) is 4.57. The third kappa shape index (κ3) is 3.22. The molecular weight excluding hydrogens is 424 g/mol. The Morgan fingerprint density at radius 1 is 1.25 bits per heavy atom. The van der Waals surface area contributed by atoms with Crippen LogP contribution in [0.15, 0.2) is 48.7 Å². The summed E-state index contributed by atoms with van der Waals surface area (Å²) >= 11 is 6.01. The Morgan fingerprint density at radius 3 is 2.84 bits per heavy atom. The number of hydrogen-bond donors (Lipinski definition) is 2. The lowest BCUT2D eigenvalue weighted by Crippen LogP contribution is -2.50. The van der Waals surface area contributed by atoms with E-state index >= 15 is 0 Å². The zero-order valence-electron chi connectivity index (χ0n) is 18.1. The van der Waals surface area contributed by atoms with Gasteiger partial charge < -0.3 is 19.7 Å². The molecule has 6 heteroatoms. The fourth-order valence-corrected chi connectivity index (χ4v) is 6.62. The van der Waals surface area contributed by atoms with E-state index in [0.29, 0.717) is 17.4 Å². The van der Waals surface area contributed by atoms with Gasteiger partial charge in [-0.15, -0.1) is 0 Å². The molecule has 7 rings (SSSR count). The smallest absolute Gasteiger partial charge is 0.223 e. The van der Waals surface area contributed by atoms with Crippen LogP contribution < -0.4 is 4.74 Å². The predicted molar refractivity (Wildman–Crippen MR) is 124 cm³/mol. The molecule has 166 valence electrons. The quantitative estimate of drug-likeness (QED) is 0.530. The fraction of sp³-hybridized carbons (Fsp3) is 0.423. The van der Waals surface area contributed by atoms with Gasteiger partial charge in [-0.25, -0.2) is 0 Å². The minimum atomic E-state index is -0.522. The van der Waals surface area contributed by atoms with Crippen LogP contribution in [-0.4, -0.2) is 38.6 Å². The van der Waals surface area contributed by atoms with E-state index in [1.807, 2.05) is 48.7 Å². The van der Waals surface area contributed by atoms with Crippen LogP contribution in [0.3, 0.4) is 0 Å². The Bertz CT molecular complexity index is 1190. The van der Waals surface area contributed by atoms with E-state index in [4.69, 9.17) is 16.3 Å². The molecule has 5 nitrogen and oxygen atoms in total. The van der Waals surface area contributed by atoms with Gasteiger partial charge in [0.25, 0.3) is 0 Å². The molecule has 5 unspecified atom stereocenters. The summed E-state index contributed by atoms with van der Waals surface area (Å²) < 4.78 is 6.19. The molecule has 2 aliphatic carbocycles. The van der Waals surface area contributed by atoms with Crippen LogP contribution in [0.4, 0.5) is 0 Å². The molecular formula is C26H27ClN2O3. The molecule has 2 saturated carbocycles. The summed E-state index contributed by atoms with van der Waals surface area (Å²) in [6.45, 7) is 2.11. The first-order valence-corrected chi connectivity index (χ1v) is 11.8. The van der Waals surface area contributed by atoms with Crippen molar-refractivity contribution in [3.05, 3.63) is 59.2 Å². The number of hydrogen-bond acceptors (Lipinski definition) is 3. The third-order valence-electron chi connectivity index (χ3n) is 7.76. The van der Waals surface area contributed by atoms with Crippen molar-refractivity contribution in [1.82, 2.24) is 9.88 Å². The minimum Gasteiger partial charge on any atom is -0.457 e. The number of carbonyl (C=O) groups is 1. The highest BCUT2D eigenvalue weighted by Gasteiger charge is 2.60. The first-order chi connectivity index (χ1) is 15.4. The van der Waals surface area contributed by atoms with E-state index in [1.54, 1.807) is 0 Å². The van der Waals surface area contributed by atoms with Crippen molar-refractivity contribution in [3.63, 3.8) is 0 Å². The Balaban J connectivity index is 1.25. The lowest BCUT2D eigenvalue weighted by molar-refractivity contribution is -0.139.